The lowest BCUT2D eigenvalue weighted by Crippen LogP contribution is -2.33. The molecule has 0 amide bonds. The summed E-state index contributed by atoms with van der Waals surface area (Å²) in [5.74, 6) is 0. The molecule has 36 heavy (non-hydrogen) atoms. The fourth-order valence-electron chi connectivity index (χ4n) is 4.00. The van der Waals surface area contributed by atoms with Crippen LogP contribution in [0.15, 0.2) is 58.0 Å². The third kappa shape index (κ3) is 6.98. The van der Waals surface area contributed by atoms with E-state index in [1.807, 2.05) is 23.1 Å². The summed E-state index contributed by atoms with van der Waals surface area (Å²) in [6.45, 7) is 14.4. The molecule has 1 aromatic heterocycles. The Kier molecular flexibility index (Phi) is 9.77. The van der Waals surface area contributed by atoms with Gasteiger partial charge in [-0.2, -0.15) is 4.57 Å². The number of nitrogens with zero attached hydrogens (tertiary/aromatic N) is 2. The lowest BCUT2D eigenvalue weighted by Gasteiger charge is -2.18. The van der Waals surface area contributed by atoms with E-state index in [1.165, 1.54) is 54.5 Å². The van der Waals surface area contributed by atoms with Crippen molar-refractivity contribution < 1.29 is 21.7 Å². The molecule has 194 valence electrons. The second-order valence-electron chi connectivity index (χ2n) is 8.34. The molecule has 1 aliphatic heterocycles. The first-order valence-corrected chi connectivity index (χ1v) is 15.1. The van der Waals surface area contributed by atoms with Crippen molar-refractivity contribution in [2.45, 2.75) is 59.4 Å². The van der Waals surface area contributed by atoms with Crippen LogP contribution in [0.2, 0.25) is 0 Å². The van der Waals surface area contributed by atoms with Crippen molar-refractivity contribution >= 4 is 55.5 Å². The van der Waals surface area contributed by atoms with Gasteiger partial charge in [-0.1, -0.05) is 42.2 Å². The molecule has 1 aliphatic rings. The van der Waals surface area contributed by atoms with Gasteiger partial charge < -0.3 is 9.45 Å². The Morgan fingerprint density at radius 1 is 1.08 bits per heavy atom. The highest BCUT2D eigenvalue weighted by atomic mass is 32.3. The van der Waals surface area contributed by atoms with Crippen LogP contribution in [0.3, 0.4) is 0 Å². The summed E-state index contributed by atoms with van der Waals surface area (Å²) in [6.07, 6.45) is 5.80. The summed E-state index contributed by atoms with van der Waals surface area (Å²) in [4.78, 5) is 3.80. The first-order chi connectivity index (χ1) is 17.1. The molecular weight excluding hydrogens is 513 g/mol. The highest BCUT2D eigenvalue weighted by Crippen LogP contribution is 2.46. The Morgan fingerprint density at radius 2 is 1.78 bits per heavy atom. The monoisotopic (exact) mass is 546 g/mol. The fourth-order valence-corrected chi connectivity index (χ4v) is 6.65. The van der Waals surface area contributed by atoms with Crippen molar-refractivity contribution in [3.8, 4) is 0 Å². The molecule has 0 unspecified atom stereocenters. The highest BCUT2D eigenvalue weighted by Gasteiger charge is 2.24. The van der Waals surface area contributed by atoms with Gasteiger partial charge in [-0.15, -0.1) is 0 Å². The molecule has 4 rings (SSSR count). The van der Waals surface area contributed by atoms with E-state index in [1.54, 1.807) is 0 Å². The van der Waals surface area contributed by atoms with Gasteiger partial charge in [-0.05, 0) is 82.0 Å². The number of allylic oxidation sites excluding steroid dienone is 2. The molecule has 0 saturated carbocycles. The molecule has 0 spiro atoms. The van der Waals surface area contributed by atoms with Crippen LogP contribution < -0.4 is 9.47 Å². The SMILES string of the molecule is CCC(/C=C1\Sc2ccc(C)cc2N1CC)=C\c1sc2ccc(C)cc2[n+]1CC.CCOS(=O)(=O)[O-]. The third-order valence-electron chi connectivity index (χ3n) is 5.69. The first-order valence-electron chi connectivity index (χ1n) is 12.1. The van der Waals surface area contributed by atoms with Crippen molar-refractivity contribution in [2.24, 2.45) is 0 Å². The molecule has 0 saturated heterocycles. The van der Waals surface area contributed by atoms with Crippen molar-refractivity contribution in [3.05, 3.63) is 69.2 Å². The predicted molar refractivity (Wildman–Crippen MR) is 150 cm³/mol. The predicted octanol–water partition coefficient (Wildman–Crippen LogP) is 6.58. The van der Waals surface area contributed by atoms with Gasteiger partial charge in [0.25, 0.3) is 5.01 Å². The largest absolute Gasteiger partial charge is 0.726 e. The third-order valence-corrected chi connectivity index (χ3v) is 8.44. The van der Waals surface area contributed by atoms with Crippen LogP contribution in [-0.4, -0.2) is 26.1 Å². The summed E-state index contributed by atoms with van der Waals surface area (Å²) in [5, 5.41) is 2.67. The molecule has 0 fully saturated rings. The minimum absolute atomic E-state index is 0.0914. The Hall–Kier alpha value is -2.17. The van der Waals surface area contributed by atoms with Crippen molar-refractivity contribution in [2.75, 3.05) is 18.1 Å². The second-order valence-corrected chi connectivity index (χ2v) is 11.5. The van der Waals surface area contributed by atoms with Gasteiger partial charge in [0.05, 0.1) is 17.3 Å². The highest BCUT2D eigenvalue weighted by molar-refractivity contribution is 8.03. The molecule has 0 bridgehead atoms. The Morgan fingerprint density at radius 3 is 2.36 bits per heavy atom. The summed E-state index contributed by atoms with van der Waals surface area (Å²) in [5.41, 5.74) is 6.71. The molecule has 9 heteroatoms. The van der Waals surface area contributed by atoms with Crippen LogP contribution in [0, 0.1) is 13.8 Å². The van der Waals surface area contributed by atoms with Gasteiger partial charge in [-0.25, -0.2) is 8.42 Å². The number of anilines is 1. The lowest BCUT2D eigenvalue weighted by atomic mass is 10.1. The smallest absolute Gasteiger partial charge is 0.263 e. The van der Waals surface area contributed by atoms with Crippen LogP contribution >= 0.6 is 23.1 Å². The van der Waals surface area contributed by atoms with E-state index >= 15 is 0 Å². The molecule has 6 nitrogen and oxygen atoms in total. The maximum atomic E-state index is 9.45. The summed E-state index contributed by atoms with van der Waals surface area (Å²) < 4.78 is 35.8. The maximum Gasteiger partial charge on any atom is 0.263 e. The Bertz CT molecular complexity index is 1390. The summed E-state index contributed by atoms with van der Waals surface area (Å²) in [7, 11) is -4.42. The number of thiazole rings is 1. The summed E-state index contributed by atoms with van der Waals surface area (Å²) >= 11 is 3.78. The summed E-state index contributed by atoms with van der Waals surface area (Å²) in [6, 6.07) is 13.6. The van der Waals surface area contributed by atoms with Gasteiger partial charge in [0.1, 0.15) is 11.2 Å². The van der Waals surface area contributed by atoms with E-state index in [4.69, 9.17) is 0 Å². The molecule has 0 radical (unpaired) electrons. The number of rotatable bonds is 7. The van der Waals surface area contributed by atoms with Gasteiger partial charge in [0.2, 0.25) is 15.9 Å². The molecule has 2 aromatic carbocycles. The van der Waals surface area contributed by atoms with Gasteiger partial charge in [0.15, 0.2) is 0 Å². The fraction of sp³-hybridized carbons (Fsp3) is 0.370. The number of fused-ring (bicyclic) bond motifs is 2. The number of aromatic nitrogens is 1. The van der Waals surface area contributed by atoms with E-state index in [0.717, 1.165) is 19.5 Å². The number of aryl methyl sites for hydroxylation is 3. The number of hydrogen-bond donors (Lipinski definition) is 0. The van der Waals surface area contributed by atoms with E-state index in [-0.39, 0.29) is 6.61 Å². The first kappa shape index (κ1) is 28.4. The topological polar surface area (TPSA) is 73.5 Å². The number of thioether (sulfide) groups is 1. The lowest BCUT2D eigenvalue weighted by molar-refractivity contribution is -0.665. The zero-order valence-corrected chi connectivity index (χ0v) is 24.1. The minimum Gasteiger partial charge on any atom is -0.726 e. The zero-order valence-electron chi connectivity index (χ0n) is 21.7. The quantitative estimate of drug-likeness (QED) is 0.189. The standard InChI is InChI=1S/C25H29N2S2.C2H6O4S/c1-6-19(15-24-26(7-2)20-13-17(4)9-11-22(20)28-24)16-25-27(8-3)21-14-18(5)10-12-23(21)29-25;1-2-6-7(3,4)5/h9-16H,6-8H2,1-5H3;2H2,1H3,(H,3,4,5)/q+1;/p-1. The molecular formula is C27H34N2O4S3. The van der Waals surface area contributed by atoms with E-state index < -0.39 is 10.4 Å². The van der Waals surface area contributed by atoms with Crippen molar-refractivity contribution in [1.29, 1.82) is 0 Å². The number of benzene rings is 2. The Balaban J connectivity index is 0.000000454. The van der Waals surface area contributed by atoms with Crippen LogP contribution in [-0.2, 0) is 21.1 Å². The van der Waals surface area contributed by atoms with E-state index in [2.05, 4.69) is 96.8 Å². The maximum absolute atomic E-state index is 9.45. The van der Waals surface area contributed by atoms with Crippen molar-refractivity contribution in [3.63, 3.8) is 0 Å². The van der Waals surface area contributed by atoms with Crippen LogP contribution in [0.25, 0.3) is 16.3 Å². The normalized spacial score (nSPS) is 14.8. The van der Waals surface area contributed by atoms with Gasteiger partial charge in [-0.3, -0.25) is 4.18 Å². The van der Waals surface area contributed by atoms with Crippen LogP contribution in [0.1, 0.15) is 50.3 Å². The molecule has 0 aliphatic carbocycles. The van der Waals surface area contributed by atoms with Crippen LogP contribution in [0.4, 0.5) is 5.69 Å². The molecule has 2 heterocycles. The van der Waals surface area contributed by atoms with E-state index in [0.29, 0.717) is 0 Å². The van der Waals surface area contributed by atoms with Gasteiger partial charge in [0, 0.05) is 23.6 Å². The second kappa shape index (κ2) is 12.4. The van der Waals surface area contributed by atoms with Crippen LogP contribution in [0.5, 0.6) is 0 Å². The van der Waals surface area contributed by atoms with Gasteiger partial charge >= 0.3 is 0 Å². The molecule has 3 aromatic rings. The average Bonchev–Trinajstić information content (AvgIpc) is 3.33. The van der Waals surface area contributed by atoms with Crippen molar-refractivity contribution in [1.82, 2.24) is 0 Å². The molecule has 0 atom stereocenters. The van der Waals surface area contributed by atoms with E-state index in [9.17, 15) is 13.0 Å². The average molecular weight is 547 g/mol. The molecule has 0 N–H and O–H groups in total. The zero-order chi connectivity index (χ0) is 26.5. The number of hydrogen-bond acceptors (Lipinski definition) is 7. The Labute approximate surface area is 223 Å². The minimum atomic E-state index is -4.42.